The van der Waals surface area contributed by atoms with Crippen LogP contribution in [0.1, 0.15) is 77.1 Å². The predicted octanol–water partition coefficient (Wildman–Crippen LogP) is 6.03. The number of amides is 4. The van der Waals surface area contributed by atoms with Crippen LogP contribution in [0.2, 0.25) is 5.02 Å². The largest absolute Gasteiger partial charge is 0.487 e. The highest BCUT2D eigenvalue weighted by molar-refractivity contribution is 6.31. The number of carbonyl (C=O) groups is 4. The van der Waals surface area contributed by atoms with Crippen molar-refractivity contribution in [2.75, 3.05) is 55.6 Å². The lowest BCUT2D eigenvalue weighted by Crippen LogP contribution is -2.54. The molecule has 1 N–H and O–H groups in total. The number of fused-ring (bicyclic) bond motifs is 1. The minimum absolute atomic E-state index is 0.0941. The molecular formula is C44H45ClN8O5. The highest BCUT2D eigenvalue weighted by Gasteiger charge is 2.45. The standard InChI is InChI=1S/C44H45ClN8O5/c1-44(2,30-22-31(45)24-33(23-30)46-3)29-4-7-35(8-5-29)58-27-32-12-15-47-43(48-32)52-20-18-50(19-21-52)26-28-13-16-51(17-14-28)34-6-9-36-37(25-34)42(57)53(41(36)56)38-10-11-39(54)49-40(38)55/h4-9,12,15,22-25,28,38H,10-11,13-14,16-21,26-27H2,1-2H3,(H,49,54,55). The fourth-order valence-corrected chi connectivity index (χ4v) is 8.66. The van der Waals surface area contributed by atoms with Gasteiger partial charge in [-0.1, -0.05) is 43.6 Å². The Bertz CT molecular complexity index is 2290. The van der Waals surface area contributed by atoms with Crippen LogP contribution in [0.25, 0.3) is 4.85 Å². The van der Waals surface area contributed by atoms with E-state index >= 15 is 0 Å². The van der Waals surface area contributed by atoms with E-state index in [1.54, 1.807) is 24.4 Å². The molecule has 3 saturated heterocycles. The number of anilines is 2. The maximum absolute atomic E-state index is 13.3. The number of ether oxygens (including phenoxy) is 1. The van der Waals surface area contributed by atoms with E-state index in [0.717, 1.165) is 91.8 Å². The van der Waals surface area contributed by atoms with Crippen molar-refractivity contribution in [3.63, 3.8) is 0 Å². The van der Waals surface area contributed by atoms with Crippen LogP contribution in [0, 0.1) is 12.5 Å². The number of piperazine rings is 1. The highest BCUT2D eigenvalue weighted by Crippen LogP contribution is 2.37. The molecule has 1 aromatic heterocycles. The molecule has 4 aromatic rings. The number of aromatic nitrogens is 2. The van der Waals surface area contributed by atoms with Crippen molar-refractivity contribution in [1.82, 2.24) is 25.1 Å². The van der Waals surface area contributed by atoms with Gasteiger partial charge < -0.3 is 14.5 Å². The number of hydrogen-bond donors (Lipinski definition) is 1. The summed E-state index contributed by atoms with van der Waals surface area (Å²) in [7, 11) is 0. The molecule has 4 aliphatic heterocycles. The molecule has 5 heterocycles. The molecule has 1 unspecified atom stereocenters. The molecule has 0 aliphatic carbocycles. The lowest BCUT2D eigenvalue weighted by atomic mass is 9.78. The third-order valence-corrected chi connectivity index (χ3v) is 12.2. The molecule has 0 bridgehead atoms. The van der Waals surface area contributed by atoms with Gasteiger partial charge in [-0.2, -0.15) is 0 Å². The fraction of sp³-hybridized carbons (Fsp3) is 0.386. The third-order valence-electron chi connectivity index (χ3n) is 12.0. The minimum atomic E-state index is -0.970. The number of halogens is 1. The molecule has 13 nitrogen and oxygen atoms in total. The maximum atomic E-state index is 13.3. The summed E-state index contributed by atoms with van der Waals surface area (Å²) in [6, 6.07) is 19.8. The molecule has 0 spiro atoms. The quantitative estimate of drug-likeness (QED) is 0.150. The van der Waals surface area contributed by atoms with E-state index in [2.05, 4.69) is 43.7 Å². The number of carbonyl (C=O) groups excluding carboxylic acids is 4. The van der Waals surface area contributed by atoms with Crippen LogP contribution >= 0.6 is 11.6 Å². The van der Waals surface area contributed by atoms with Crippen LogP contribution in [0.4, 0.5) is 17.3 Å². The zero-order chi connectivity index (χ0) is 40.6. The Morgan fingerprint density at radius 2 is 1.59 bits per heavy atom. The average Bonchev–Trinajstić information content (AvgIpc) is 3.48. The van der Waals surface area contributed by atoms with Crippen LogP contribution in [-0.2, 0) is 21.6 Å². The van der Waals surface area contributed by atoms with Crippen LogP contribution in [0.3, 0.4) is 0 Å². The molecule has 0 radical (unpaired) electrons. The molecule has 298 valence electrons. The van der Waals surface area contributed by atoms with Crippen molar-refractivity contribution in [1.29, 1.82) is 0 Å². The minimum Gasteiger partial charge on any atom is -0.487 e. The smallest absolute Gasteiger partial charge is 0.262 e. The Morgan fingerprint density at radius 1 is 0.845 bits per heavy atom. The fourth-order valence-electron chi connectivity index (χ4n) is 8.43. The van der Waals surface area contributed by atoms with E-state index in [-0.39, 0.29) is 24.2 Å². The van der Waals surface area contributed by atoms with Gasteiger partial charge in [0.15, 0.2) is 5.69 Å². The zero-order valence-corrected chi connectivity index (χ0v) is 33.4. The number of nitrogens with one attached hydrogen (secondary N) is 1. The lowest BCUT2D eigenvalue weighted by Gasteiger charge is -2.39. The third kappa shape index (κ3) is 7.99. The van der Waals surface area contributed by atoms with Gasteiger partial charge in [0, 0.05) is 74.6 Å². The van der Waals surface area contributed by atoms with Gasteiger partial charge in [0.1, 0.15) is 18.4 Å². The SMILES string of the molecule is [C-]#[N+]c1cc(Cl)cc(C(C)(C)c2ccc(OCc3ccnc(N4CCN(CC5CCN(c6ccc7c(c6)C(=O)N(C6CCC(=O)NC6=O)C7=O)CC5)CC4)n3)cc2)c1. The summed E-state index contributed by atoms with van der Waals surface area (Å²) in [5, 5.41) is 2.80. The van der Waals surface area contributed by atoms with E-state index in [4.69, 9.17) is 27.9 Å². The van der Waals surface area contributed by atoms with Gasteiger partial charge in [-0.3, -0.25) is 34.3 Å². The second-order valence-corrected chi connectivity index (χ2v) is 16.4. The van der Waals surface area contributed by atoms with Crippen molar-refractivity contribution in [3.05, 3.63) is 117 Å². The van der Waals surface area contributed by atoms with E-state index in [0.29, 0.717) is 40.3 Å². The summed E-state index contributed by atoms with van der Waals surface area (Å²) in [6.07, 6.45) is 4.06. The first kappa shape index (κ1) is 39.0. The van der Waals surface area contributed by atoms with Crippen molar-refractivity contribution in [2.45, 2.75) is 57.6 Å². The van der Waals surface area contributed by atoms with Gasteiger partial charge in [0.05, 0.1) is 23.4 Å². The normalized spacial score (nSPS) is 19.3. The van der Waals surface area contributed by atoms with E-state index in [1.165, 1.54) is 0 Å². The zero-order valence-electron chi connectivity index (χ0n) is 32.6. The Kier molecular flexibility index (Phi) is 10.9. The van der Waals surface area contributed by atoms with E-state index in [9.17, 15) is 19.2 Å². The van der Waals surface area contributed by atoms with Gasteiger partial charge in [-0.15, -0.1) is 0 Å². The highest BCUT2D eigenvalue weighted by atomic mass is 35.5. The average molecular weight is 801 g/mol. The number of nitrogens with zero attached hydrogens (tertiary/aromatic N) is 7. The molecule has 1 atom stereocenters. The van der Waals surface area contributed by atoms with Gasteiger partial charge in [-0.05, 0) is 84.8 Å². The first-order valence-corrected chi connectivity index (χ1v) is 20.2. The van der Waals surface area contributed by atoms with Crippen LogP contribution < -0.4 is 19.9 Å². The topological polar surface area (TPSA) is 133 Å². The summed E-state index contributed by atoms with van der Waals surface area (Å²) < 4.78 is 6.13. The number of imide groups is 2. The molecule has 3 aromatic carbocycles. The van der Waals surface area contributed by atoms with Crippen LogP contribution in [0.5, 0.6) is 5.75 Å². The Morgan fingerprint density at radius 3 is 2.31 bits per heavy atom. The first-order chi connectivity index (χ1) is 28.0. The second-order valence-electron chi connectivity index (χ2n) is 16.0. The number of piperidine rings is 2. The lowest BCUT2D eigenvalue weighted by molar-refractivity contribution is -0.136. The van der Waals surface area contributed by atoms with Crippen LogP contribution in [0.15, 0.2) is 72.9 Å². The Balaban J connectivity index is 0.794. The molecule has 0 saturated carbocycles. The van der Waals surface area contributed by atoms with Gasteiger partial charge >= 0.3 is 0 Å². The monoisotopic (exact) mass is 800 g/mol. The summed E-state index contributed by atoms with van der Waals surface area (Å²) in [5.41, 5.74) is 4.55. The Hall–Kier alpha value is -5.84. The summed E-state index contributed by atoms with van der Waals surface area (Å²) in [4.78, 5) is 71.5. The second kappa shape index (κ2) is 16.2. The van der Waals surface area contributed by atoms with E-state index in [1.807, 2.05) is 48.5 Å². The molecule has 8 rings (SSSR count). The number of rotatable bonds is 10. The molecule has 58 heavy (non-hydrogen) atoms. The number of benzene rings is 3. The maximum Gasteiger partial charge on any atom is 0.262 e. The number of hydrogen-bond acceptors (Lipinski definition) is 10. The van der Waals surface area contributed by atoms with Crippen molar-refractivity contribution in [3.8, 4) is 5.75 Å². The van der Waals surface area contributed by atoms with Crippen LogP contribution in [-0.4, -0.2) is 95.3 Å². The Labute approximate surface area is 342 Å². The molecule has 3 fully saturated rings. The predicted molar refractivity (Wildman–Crippen MR) is 219 cm³/mol. The van der Waals surface area contributed by atoms with Crippen molar-refractivity contribution < 1.29 is 23.9 Å². The van der Waals surface area contributed by atoms with Gasteiger partial charge in [-0.25, -0.2) is 14.8 Å². The van der Waals surface area contributed by atoms with E-state index < -0.39 is 23.8 Å². The summed E-state index contributed by atoms with van der Waals surface area (Å²) >= 11 is 6.30. The molecule has 14 heteroatoms. The summed E-state index contributed by atoms with van der Waals surface area (Å²) in [6.45, 7) is 18.2. The van der Waals surface area contributed by atoms with Gasteiger partial charge in [0.2, 0.25) is 17.8 Å². The van der Waals surface area contributed by atoms with Gasteiger partial charge in [0.25, 0.3) is 11.8 Å². The molecular weight excluding hydrogens is 756 g/mol. The molecule has 4 amide bonds. The van der Waals surface area contributed by atoms with Crippen molar-refractivity contribution >= 4 is 52.6 Å². The molecule has 4 aliphatic rings. The summed E-state index contributed by atoms with van der Waals surface area (Å²) in [5.74, 6) is 0.0404. The first-order valence-electron chi connectivity index (χ1n) is 19.8. The van der Waals surface area contributed by atoms with Crippen molar-refractivity contribution in [2.24, 2.45) is 5.92 Å².